The molecular formula is C16H25O3P. The average Bonchev–Trinajstić information content (AvgIpc) is 3.01. The highest BCUT2D eigenvalue weighted by atomic mass is 31.2. The fraction of sp³-hybridized carbons (Fsp3) is 0.875. The van der Waals surface area contributed by atoms with Crippen molar-refractivity contribution in [2.45, 2.75) is 63.8 Å². The lowest BCUT2D eigenvalue weighted by molar-refractivity contribution is 0.00578. The molecule has 1 aliphatic heterocycles. The summed E-state index contributed by atoms with van der Waals surface area (Å²) in [5, 5.41) is 0. The second kappa shape index (κ2) is 3.80. The molecule has 1 heterocycles. The van der Waals surface area contributed by atoms with Gasteiger partial charge in [-0.05, 0) is 70.6 Å². The van der Waals surface area contributed by atoms with E-state index in [0.717, 1.165) is 18.3 Å². The summed E-state index contributed by atoms with van der Waals surface area (Å²) in [5.41, 5.74) is -0.831. The molecule has 0 radical (unpaired) electrons. The summed E-state index contributed by atoms with van der Waals surface area (Å²) in [4.78, 5) is 0. The molecule has 0 aromatic rings. The summed E-state index contributed by atoms with van der Waals surface area (Å²) in [7, 11) is -2.99. The zero-order valence-electron chi connectivity index (χ0n) is 12.8. The molecule has 3 nitrogen and oxygen atoms in total. The Labute approximate surface area is 121 Å². The van der Waals surface area contributed by atoms with Crippen LogP contribution in [0, 0.1) is 23.7 Å². The molecular weight excluding hydrogens is 271 g/mol. The van der Waals surface area contributed by atoms with Crippen molar-refractivity contribution < 1.29 is 13.6 Å². The van der Waals surface area contributed by atoms with Crippen LogP contribution in [0.1, 0.15) is 47.0 Å². The molecule has 0 amide bonds. The van der Waals surface area contributed by atoms with E-state index in [1.165, 1.54) is 12.8 Å². The highest BCUT2D eigenvalue weighted by Gasteiger charge is 2.64. The van der Waals surface area contributed by atoms with E-state index in [1.54, 1.807) is 0 Å². The maximum atomic E-state index is 13.4. The third kappa shape index (κ3) is 1.58. The molecule has 0 aromatic carbocycles. The summed E-state index contributed by atoms with van der Waals surface area (Å²) < 4.78 is 25.4. The summed E-state index contributed by atoms with van der Waals surface area (Å²) in [6.07, 6.45) is 8.16. The van der Waals surface area contributed by atoms with E-state index in [-0.39, 0.29) is 5.66 Å². The molecule has 4 rings (SSSR count). The lowest BCUT2D eigenvalue weighted by Gasteiger charge is -2.33. The Bertz CT molecular complexity index is 502. The van der Waals surface area contributed by atoms with Gasteiger partial charge in [-0.3, -0.25) is 13.6 Å². The topological polar surface area (TPSA) is 35.5 Å². The number of fused-ring (bicyclic) bond motifs is 5. The molecule has 4 aliphatic rings. The van der Waals surface area contributed by atoms with E-state index in [4.69, 9.17) is 9.05 Å². The molecule has 20 heavy (non-hydrogen) atoms. The van der Waals surface area contributed by atoms with Crippen LogP contribution in [0.4, 0.5) is 0 Å². The zero-order valence-corrected chi connectivity index (χ0v) is 13.7. The monoisotopic (exact) mass is 296 g/mol. The van der Waals surface area contributed by atoms with Gasteiger partial charge >= 0.3 is 7.60 Å². The molecule has 3 unspecified atom stereocenters. The minimum atomic E-state index is -2.99. The number of rotatable bonds is 1. The predicted octanol–water partition coefficient (Wildman–Crippen LogP) is 4.38. The van der Waals surface area contributed by atoms with Gasteiger partial charge in [-0.2, -0.15) is 0 Å². The van der Waals surface area contributed by atoms with Crippen molar-refractivity contribution in [3.63, 3.8) is 0 Å². The fourth-order valence-corrected chi connectivity index (χ4v) is 8.22. The van der Waals surface area contributed by atoms with Gasteiger partial charge in [0, 0.05) is 0 Å². The third-order valence-electron chi connectivity index (χ3n) is 6.54. The minimum Gasteiger partial charge on any atom is -0.299 e. The summed E-state index contributed by atoms with van der Waals surface area (Å²) in [5.74, 6) is 2.68. The highest BCUT2D eigenvalue weighted by Crippen LogP contribution is 2.74. The molecule has 4 heteroatoms. The largest absolute Gasteiger partial charge is 0.335 e. The first-order valence-electron chi connectivity index (χ1n) is 7.91. The summed E-state index contributed by atoms with van der Waals surface area (Å²) >= 11 is 0. The lowest BCUT2D eigenvalue weighted by Crippen LogP contribution is -2.41. The van der Waals surface area contributed by atoms with Crippen LogP contribution >= 0.6 is 7.60 Å². The number of hydrogen-bond donors (Lipinski definition) is 0. The Morgan fingerprint density at radius 3 is 2.35 bits per heavy atom. The smallest absolute Gasteiger partial charge is 0.299 e. The fourth-order valence-electron chi connectivity index (χ4n) is 4.88. The number of hydrogen-bond acceptors (Lipinski definition) is 3. The van der Waals surface area contributed by atoms with Gasteiger partial charge in [-0.25, -0.2) is 0 Å². The van der Waals surface area contributed by atoms with Crippen molar-refractivity contribution in [1.82, 2.24) is 0 Å². The van der Waals surface area contributed by atoms with Crippen molar-refractivity contribution in [1.29, 1.82) is 0 Å². The van der Waals surface area contributed by atoms with Crippen LogP contribution in [-0.2, 0) is 13.6 Å². The van der Waals surface area contributed by atoms with Gasteiger partial charge in [0.05, 0.1) is 5.66 Å². The second-order valence-corrected chi connectivity index (χ2v) is 10.2. The Morgan fingerprint density at radius 2 is 1.70 bits per heavy atom. The van der Waals surface area contributed by atoms with Crippen molar-refractivity contribution in [3.8, 4) is 0 Å². The molecule has 3 fully saturated rings. The van der Waals surface area contributed by atoms with E-state index < -0.39 is 18.8 Å². The SMILES string of the molecule is CC1(C)OP(=O)(C2C[C@H]3C[C@@H]2C2C=CCC23)OC1(C)C. The highest BCUT2D eigenvalue weighted by molar-refractivity contribution is 7.55. The van der Waals surface area contributed by atoms with Crippen molar-refractivity contribution >= 4 is 7.60 Å². The van der Waals surface area contributed by atoms with Gasteiger partial charge in [-0.1, -0.05) is 12.2 Å². The maximum Gasteiger partial charge on any atom is 0.335 e. The standard InChI is InChI=1S/C16H25O3P/c1-15(2)16(3,4)19-20(17,18-15)14-9-10-8-13(14)12-7-5-6-11(10)12/h5,7,10-14H,6,8-9H2,1-4H3/t10-,11?,12?,13-,14?/m1/s1. The molecule has 2 bridgehead atoms. The first-order chi connectivity index (χ1) is 9.24. The van der Waals surface area contributed by atoms with Gasteiger partial charge < -0.3 is 0 Å². The zero-order chi connectivity index (χ0) is 14.3. The van der Waals surface area contributed by atoms with Crippen molar-refractivity contribution in [3.05, 3.63) is 12.2 Å². The molecule has 0 N–H and O–H groups in total. The average molecular weight is 296 g/mol. The van der Waals surface area contributed by atoms with E-state index in [9.17, 15) is 4.57 Å². The minimum absolute atomic E-state index is 0.123. The van der Waals surface area contributed by atoms with Crippen LogP contribution in [0.3, 0.4) is 0 Å². The molecule has 112 valence electrons. The first kappa shape index (κ1) is 13.5. The van der Waals surface area contributed by atoms with Crippen molar-refractivity contribution in [2.75, 3.05) is 0 Å². The van der Waals surface area contributed by atoms with Crippen LogP contribution in [0.25, 0.3) is 0 Å². The normalized spacial score (nSPS) is 49.7. The molecule has 0 aromatic heterocycles. The van der Waals surface area contributed by atoms with Crippen LogP contribution in [0.2, 0.25) is 0 Å². The molecule has 5 atom stereocenters. The third-order valence-corrected chi connectivity index (χ3v) is 9.37. The number of allylic oxidation sites excluding steroid dienone is 2. The quantitative estimate of drug-likeness (QED) is 0.532. The lowest BCUT2D eigenvalue weighted by atomic mass is 9.81. The molecule has 3 aliphatic carbocycles. The van der Waals surface area contributed by atoms with Gasteiger partial charge in [0.2, 0.25) is 0 Å². The Kier molecular flexibility index (Phi) is 2.57. The Hall–Kier alpha value is -0.110. The molecule has 2 saturated carbocycles. The Morgan fingerprint density at radius 1 is 1.05 bits per heavy atom. The van der Waals surface area contributed by atoms with Crippen molar-refractivity contribution in [2.24, 2.45) is 23.7 Å². The summed E-state index contributed by atoms with van der Waals surface area (Å²) in [6, 6.07) is 0. The second-order valence-electron chi connectivity index (χ2n) is 8.11. The van der Waals surface area contributed by atoms with E-state index in [1.807, 2.05) is 27.7 Å². The van der Waals surface area contributed by atoms with E-state index >= 15 is 0 Å². The molecule has 0 spiro atoms. The van der Waals surface area contributed by atoms with Gasteiger partial charge in [0.1, 0.15) is 11.2 Å². The van der Waals surface area contributed by atoms with E-state index in [2.05, 4.69) is 12.2 Å². The maximum absolute atomic E-state index is 13.4. The molecule has 1 saturated heterocycles. The van der Waals surface area contributed by atoms with Gasteiger partial charge in [0.25, 0.3) is 0 Å². The van der Waals surface area contributed by atoms with Crippen LogP contribution < -0.4 is 0 Å². The Balaban J connectivity index is 1.64. The van der Waals surface area contributed by atoms with E-state index in [0.29, 0.717) is 11.8 Å². The van der Waals surface area contributed by atoms with Crippen LogP contribution in [0.15, 0.2) is 12.2 Å². The first-order valence-corrected chi connectivity index (χ1v) is 9.53. The van der Waals surface area contributed by atoms with Gasteiger partial charge in [0.15, 0.2) is 0 Å². The van der Waals surface area contributed by atoms with Gasteiger partial charge in [-0.15, -0.1) is 0 Å². The van der Waals surface area contributed by atoms with Crippen LogP contribution in [0.5, 0.6) is 0 Å². The predicted molar refractivity (Wildman–Crippen MR) is 78.7 cm³/mol. The summed E-state index contributed by atoms with van der Waals surface area (Å²) in [6.45, 7) is 7.99. The van der Waals surface area contributed by atoms with Crippen LogP contribution in [-0.4, -0.2) is 16.9 Å².